The Morgan fingerprint density at radius 2 is 2.07 bits per heavy atom. The van der Waals surface area contributed by atoms with Gasteiger partial charge in [-0.2, -0.15) is 0 Å². The second-order valence-electron chi connectivity index (χ2n) is 4.74. The number of hydrogen-bond acceptors (Lipinski definition) is 1. The highest BCUT2D eigenvalue weighted by Crippen LogP contribution is 2.30. The molecule has 0 radical (unpaired) electrons. The van der Waals surface area contributed by atoms with Crippen molar-refractivity contribution >= 4 is 0 Å². The summed E-state index contributed by atoms with van der Waals surface area (Å²) in [7, 11) is 0. The van der Waals surface area contributed by atoms with Gasteiger partial charge in [0.15, 0.2) is 0 Å². The summed E-state index contributed by atoms with van der Waals surface area (Å²) >= 11 is 0. The van der Waals surface area contributed by atoms with Gasteiger partial charge in [0, 0.05) is 6.61 Å². The fourth-order valence-electron chi connectivity index (χ4n) is 2.35. The summed E-state index contributed by atoms with van der Waals surface area (Å²) in [6.45, 7) is 3.22. The summed E-state index contributed by atoms with van der Waals surface area (Å²) in [6.07, 6.45) is 6.09. The molecular formula is C14H20O. The van der Waals surface area contributed by atoms with Gasteiger partial charge in [0.25, 0.3) is 0 Å². The van der Waals surface area contributed by atoms with Crippen LogP contribution in [0.4, 0.5) is 0 Å². The molecule has 0 aliphatic carbocycles. The van der Waals surface area contributed by atoms with E-state index in [2.05, 4.69) is 37.3 Å². The van der Waals surface area contributed by atoms with Crippen LogP contribution >= 0.6 is 0 Å². The summed E-state index contributed by atoms with van der Waals surface area (Å²) in [6, 6.07) is 10.7. The van der Waals surface area contributed by atoms with E-state index in [-0.39, 0.29) is 5.60 Å². The third kappa shape index (κ3) is 3.07. The van der Waals surface area contributed by atoms with Gasteiger partial charge in [0.1, 0.15) is 0 Å². The minimum Gasteiger partial charge on any atom is -0.375 e. The molecule has 1 fully saturated rings. The average molecular weight is 204 g/mol. The van der Waals surface area contributed by atoms with Gasteiger partial charge in [-0.25, -0.2) is 0 Å². The zero-order valence-electron chi connectivity index (χ0n) is 9.54. The number of rotatable bonds is 4. The fraction of sp³-hybridized carbons (Fsp3) is 0.571. The van der Waals surface area contributed by atoms with E-state index in [1.807, 2.05) is 0 Å². The highest BCUT2D eigenvalue weighted by atomic mass is 16.5. The summed E-state index contributed by atoms with van der Waals surface area (Å²) in [5, 5.41) is 0. The van der Waals surface area contributed by atoms with Gasteiger partial charge >= 0.3 is 0 Å². The lowest BCUT2D eigenvalue weighted by molar-refractivity contribution is 0.0119. The second kappa shape index (κ2) is 4.80. The monoisotopic (exact) mass is 204 g/mol. The first-order valence-electron chi connectivity index (χ1n) is 5.96. The van der Waals surface area contributed by atoms with Crippen molar-refractivity contribution in [1.82, 2.24) is 0 Å². The van der Waals surface area contributed by atoms with Crippen LogP contribution in [0.5, 0.6) is 0 Å². The van der Waals surface area contributed by atoms with Crippen LogP contribution in [0, 0.1) is 0 Å². The van der Waals surface area contributed by atoms with E-state index in [9.17, 15) is 0 Å². The van der Waals surface area contributed by atoms with Crippen molar-refractivity contribution in [2.45, 2.75) is 44.6 Å². The van der Waals surface area contributed by atoms with Crippen molar-refractivity contribution in [2.24, 2.45) is 0 Å². The van der Waals surface area contributed by atoms with Crippen LogP contribution in [0.3, 0.4) is 0 Å². The maximum atomic E-state index is 5.78. The van der Waals surface area contributed by atoms with Gasteiger partial charge in [-0.05, 0) is 44.6 Å². The Hall–Kier alpha value is -0.820. The number of aryl methyl sites for hydroxylation is 1. The smallest absolute Gasteiger partial charge is 0.0655 e. The molecule has 0 spiro atoms. The van der Waals surface area contributed by atoms with Crippen molar-refractivity contribution in [3.63, 3.8) is 0 Å². The van der Waals surface area contributed by atoms with Crippen LogP contribution in [0.15, 0.2) is 30.3 Å². The standard InChI is InChI=1S/C14H20O/c1-14(11-6-12-15-14)10-5-9-13-7-3-2-4-8-13/h2-4,7-8H,5-6,9-12H2,1H3. The largest absolute Gasteiger partial charge is 0.375 e. The Morgan fingerprint density at radius 1 is 1.27 bits per heavy atom. The van der Waals surface area contributed by atoms with E-state index in [0.29, 0.717) is 0 Å². The molecule has 0 bridgehead atoms. The van der Waals surface area contributed by atoms with Crippen LogP contribution in [0.1, 0.15) is 38.2 Å². The van der Waals surface area contributed by atoms with E-state index in [4.69, 9.17) is 4.74 Å². The minimum absolute atomic E-state index is 0.175. The van der Waals surface area contributed by atoms with E-state index in [1.165, 1.54) is 37.7 Å². The van der Waals surface area contributed by atoms with Crippen molar-refractivity contribution in [3.8, 4) is 0 Å². The molecule has 1 aliphatic heterocycles. The molecule has 1 aliphatic rings. The zero-order valence-corrected chi connectivity index (χ0v) is 9.54. The van der Waals surface area contributed by atoms with E-state index in [1.54, 1.807) is 0 Å². The number of benzene rings is 1. The van der Waals surface area contributed by atoms with Crippen molar-refractivity contribution in [3.05, 3.63) is 35.9 Å². The molecule has 0 saturated carbocycles. The topological polar surface area (TPSA) is 9.23 Å². The maximum Gasteiger partial charge on any atom is 0.0655 e. The first-order chi connectivity index (χ1) is 7.29. The lowest BCUT2D eigenvalue weighted by Gasteiger charge is -2.22. The predicted molar refractivity (Wildman–Crippen MR) is 63.0 cm³/mol. The molecule has 1 unspecified atom stereocenters. The molecular weight excluding hydrogens is 184 g/mol. The molecule has 1 aromatic rings. The van der Waals surface area contributed by atoms with Gasteiger partial charge in [0.05, 0.1) is 5.60 Å². The molecule has 1 heteroatoms. The van der Waals surface area contributed by atoms with Crippen LogP contribution in [0.2, 0.25) is 0 Å². The SMILES string of the molecule is CC1(CCCc2ccccc2)CCCO1. The Morgan fingerprint density at radius 3 is 2.73 bits per heavy atom. The minimum atomic E-state index is 0.175. The number of ether oxygens (including phenoxy) is 1. The normalized spacial score (nSPS) is 25.7. The average Bonchev–Trinajstić information content (AvgIpc) is 2.67. The summed E-state index contributed by atoms with van der Waals surface area (Å²) in [5.74, 6) is 0. The Kier molecular flexibility index (Phi) is 3.42. The Labute approximate surface area is 92.5 Å². The van der Waals surface area contributed by atoms with Gasteiger partial charge < -0.3 is 4.74 Å². The van der Waals surface area contributed by atoms with Crippen LogP contribution < -0.4 is 0 Å². The maximum absolute atomic E-state index is 5.78. The third-order valence-electron chi connectivity index (χ3n) is 3.31. The first kappa shape index (κ1) is 10.7. The van der Waals surface area contributed by atoms with E-state index < -0.39 is 0 Å². The molecule has 1 nitrogen and oxygen atoms in total. The van der Waals surface area contributed by atoms with Crippen molar-refractivity contribution < 1.29 is 4.74 Å². The van der Waals surface area contributed by atoms with Gasteiger partial charge in [-0.3, -0.25) is 0 Å². The molecule has 0 N–H and O–H groups in total. The highest BCUT2D eigenvalue weighted by Gasteiger charge is 2.28. The van der Waals surface area contributed by atoms with Crippen LogP contribution in [0.25, 0.3) is 0 Å². The van der Waals surface area contributed by atoms with Crippen LogP contribution in [-0.2, 0) is 11.2 Å². The van der Waals surface area contributed by atoms with Gasteiger partial charge in [-0.1, -0.05) is 30.3 Å². The third-order valence-corrected chi connectivity index (χ3v) is 3.31. The molecule has 1 aromatic carbocycles. The summed E-state index contributed by atoms with van der Waals surface area (Å²) < 4.78 is 5.78. The molecule has 1 heterocycles. The van der Waals surface area contributed by atoms with Crippen molar-refractivity contribution in [2.75, 3.05) is 6.61 Å². The lowest BCUT2D eigenvalue weighted by atomic mass is 9.94. The summed E-state index contributed by atoms with van der Waals surface area (Å²) in [5.41, 5.74) is 1.62. The summed E-state index contributed by atoms with van der Waals surface area (Å²) in [4.78, 5) is 0. The molecule has 2 rings (SSSR count). The van der Waals surface area contributed by atoms with Crippen LogP contribution in [-0.4, -0.2) is 12.2 Å². The molecule has 1 saturated heterocycles. The Bertz CT molecular complexity index is 285. The van der Waals surface area contributed by atoms with Gasteiger partial charge in [-0.15, -0.1) is 0 Å². The predicted octanol–water partition coefficient (Wildman–Crippen LogP) is 3.58. The molecule has 15 heavy (non-hydrogen) atoms. The first-order valence-corrected chi connectivity index (χ1v) is 5.96. The Balaban J connectivity index is 1.75. The highest BCUT2D eigenvalue weighted by molar-refractivity contribution is 5.14. The second-order valence-corrected chi connectivity index (χ2v) is 4.74. The molecule has 0 amide bonds. The van der Waals surface area contributed by atoms with E-state index in [0.717, 1.165) is 6.61 Å². The van der Waals surface area contributed by atoms with E-state index >= 15 is 0 Å². The fourth-order valence-corrected chi connectivity index (χ4v) is 2.35. The quantitative estimate of drug-likeness (QED) is 0.728. The lowest BCUT2D eigenvalue weighted by Crippen LogP contribution is -2.22. The molecule has 82 valence electrons. The van der Waals surface area contributed by atoms with Gasteiger partial charge in [0.2, 0.25) is 0 Å². The zero-order chi connectivity index (χ0) is 10.6. The molecule has 0 aromatic heterocycles. The molecule has 1 atom stereocenters. The van der Waals surface area contributed by atoms with Crippen molar-refractivity contribution in [1.29, 1.82) is 0 Å². The number of hydrogen-bond donors (Lipinski definition) is 0.